The molecule has 1 unspecified atom stereocenters. The molecular formula is C22H26FN3O. The van der Waals surface area contributed by atoms with Crippen LogP contribution in [0, 0.1) is 11.7 Å². The molecule has 0 aliphatic carbocycles. The van der Waals surface area contributed by atoms with Gasteiger partial charge in [0, 0.05) is 39.3 Å². The van der Waals surface area contributed by atoms with Crippen molar-refractivity contribution in [2.45, 2.75) is 13.0 Å². The Labute approximate surface area is 160 Å². The highest BCUT2D eigenvalue weighted by Gasteiger charge is 2.33. The molecule has 0 bridgehead atoms. The summed E-state index contributed by atoms with van der Waals surface area (Å²) < 4.78 is 14.0. The third kappa shape index (κ3) is 4.14. The van der Waals surface area contributed by atoms with Gasteiger partial charge in [-0.05, 0) is 30.7 Å². The van der Waals surface area contributed by atoms with E-state index in [2.05, 4.69) is 29.2 Å². The number of likely N-dealkylation sites (tertiary alicyclic amines) is 1. The van der Waals surface area contributed by atoms with Crippen LogP contribution in [0.1, 0.15) is 12.0 Å². The van der Waals surface area contributed by atoms with Gasteiger partial charge in [-0.3, -0.25) is 9.69 Å². The van der Waals surface area contributed by atoms with Gasteiger partial charge in [-0.15, -0.1) is 0 Å². The van der Waals surface area contributed by atoms with Gasteiger partial charge >= 0.3 is 0 Å². The fourth-order valence-electron chi connectivity index (χ4n) is 4.15. The molecule has 5 heteroatoms. The first-order valence-electron chi connectivity index (χ1n) is 9.75. The molecule has 2 fully saturated rings. The molecule has 2 aliphatic rings. The Morgan fingerprint density at radius 3 is 2.37 bits per heavy atom. The summed E-state index contributed by atoms with van der Waals surface area (Å²) in [6.45, 7) is 5.43. The van der Waals surface area contributed by atoms with Gasteiger partial charge in [0.1, 0.15) is 5.82 Å². The fraction of sp³-hybridized carbons (Fsp3) is 0.409. The maximum Gasteiger partial charge on any atom is 0.227 e. The molecule has 27 heavy (non-hydrogen) atoms. The van der Waals surface area contributed by atoms with Crippen LogP contribution in [0.25, 0.3) is 0 Å². The highest BCUT2D eigenvalue weighted by molar-refractivity contribution is 5.79. The molecule has 1 amide bonds. The third-order valence-corrected chi connectivity index (χ3v) is 5.66. The van der Waals surface area contributed by atoms with Crippen molar-refractivity contribution in [1.82, 2.24) is 9.80 Å². The number of hydrogen-bond donors (Lipinski definition) is 0. The number of halogens is 1. The van der Waals surface area contributed by atoms with Crippen molar-refractivity contribution in [1.29, 1.82) is 0 Å². The monoisotopic (exact) mass is 367 g/mol. The second-order valence-corrected chi connectivity index (χ2v) is 7.47. The van der Waals surface area contributed by atoms with E-state index in [0.717, 1.165) is 26.1 Å². The molecule has 2 aromatic carbocycles. The van der Waals surface area contributed by atoms with Gasteiger partial charge in [0.25, 0.3) is 0 Å². The van der Waals surface area contributed by atoms with Crippen LogP contribution in [0.15, 0.2) is 54.6 Å². The first-order valence-corrected chi connectivity index (χ1v) is 9.75. The number of benzene rings is 2. The molecule has 0 aromatic heterocycles. The van der Waals surface area contributed by atoms with Gasteiger partial charge < -0.3 is 9.80 Å². The molecule has 142 valence electrons. The largest absolute Gasteiger partial charge is 0.366 e. The molecule has 0 radical (unpaired) electrons. The minimum absolute atomic E-state index is 0.0914. The summed E-state index contributed by atoms with van der Waals surface area (Å²) in [6.07, 6.45) is 0.930. The van der Waals surface area contributed by atoms with E-state index < -0.39 is 0 Å². The lowest BCUT2D eigenvalue weighted by Crippen LogP contribution is -2.50. The van der Waals surface area contributed by atoms with E-state index in [1.807, 2.05) is 28.0 Å². The van der Waals surface area contributed by atoms with Crippen LogP contribution >= 0.6 is 0 Å². The van der Waals surface area contributed by atoms with Crippen LogP contribution in [0.5, 0.6) is 0 Å². The zero-order chi connectivity index (χ0) is 18.6. The third-order valence-electron chi connectivity index (χ3n) is 5.66. The summed E-state index contributed by atoms with van der Waals surface area (Å²) >= 11 is 0. The van der Waals surface area contributed by atoms with Crippen molar-refractivity contribution in [3.8, 4) is 0 Å². The second-order valence-electron chi connectivity index (χ2n) is 7.47. The number of carbonyl (C=O) groups is 1. The number of rotatable bonds is 4. The molecule has 2 saturated heterocycles. The maximum atomic E-state index is 14.0. The van der Waals surface area contributed by atoms with Gasteiger partial charge in [-0.25, -0.2) is 4.39 Å². The zero-order valence-corrected chi connectivity index (χ0v) is 15.6. The molecule has 1 atom stereocenters. The number of anilines is 1. The summed E-state index contributed by atoms with van der Waals surface area (Å²) in [4.78, 5) is 19.3. The lowest BCUT2D eigenvalue weighted by Gasteiger charge is -2.37. The summed E-state index contributed by atoms with van der Waals surface area (Å²) in [5.74, 6) is 0.164. The van der Waals surface area contributed by atoms with Crippen LogP contribution in [-0.2, 0) is 11.3 Å². The number of hydrogen-bond acceptors (Lipinski definition) is 3. The Morgan fingerprint density at radius 2 is 1.63 bits per heavy atom. The molecule has 2 aromatic rings. The molecular weight excluding hydrogens is 341 g/mol. The minimum atomic E-state index is -0.190. The SMILES string of the molecule is O=C(C1CCN(Cc2ccccc2)C1)N1CCN(c2ccccc2F)CC1. The van der Waals surface area contributed by atoms with Crippen molar-refractivity contribution in [2.24, 2.45) is 5.92 Å². The van der Waals surface area contributed by atoms with Gasteiger partial charge in [0.05, 0.1) is 11.6 Å². The van der Waals surface area contributed by atoms with E-state index in [1.54, 1.807) is 6.07 Å². The highest BCUT2D eigenvalue weighted by atomic mass is 19.1. The highest BCUT2D eigenvalue weighted by Crippen LogP contribution is 2.24. The predicted octanol–water partition coefficient (Wildman–Crippen LogP) is 3.00. The number of amides is 1. The summed E-state index contributed by atoms with van der Waals surface area (Å²) in [5, 5.41) is 0. The van der Waals surface area contributed by atoms with Crippen LogP contribution in [0.3, 0.4) is 0 Å². The van der Waals surface area contributed by atoms with E-state index in [0.29, 0.717) is 31.9 Å². The van der Waals surface area contributed by atoms with Gasteiger partial charge in [0.2, 0.25) is 5.91 Å². The first kappa shape index (κ1) is 18.0. The molecule has 0 saturated carbocycles. The zero-order valence-electron chi connectivity index (χ0n) is 15.6. The van der Waals surface area contributed by atoms with Gasteiger partial charge in [-0.1, -0.05) is 42.5 Å². The smallest absolute Gasteiger partial charge is 0.227 e. The summed E-state index contributed by atoms with van der Waals surface area (Å²) in [7, 11) is 0. The van der Waals surface area contributed by atoms with E-state index in [4.69, 9.17) is 0 Å². The van der Waals surface area contributed by atoms with Crippen LogP contribution < -0.4 is 4.90 Å². The van der Waals surface area contributed by atoms with Crippen LogP contribution in [0.4, 0.5) is 10.1 Å². The van der Waals surface area contributed by atoms with E-state index in [-0.39, 0.29) is 17.6 Å². The summed E-state index contributed by atoms with van der Waals surface area (Å²) in [6, 6.07) is 17.3. The van der Waals surface area contributed by atoms with E-state index in [1.165, 1.54) is 11.6 Å². The van der Waals surface area contributed by atoms with Crippen molar-refractivity contribution in [3.05, 3.63) is 66.0 Å². The number of carbonyl (C=O) groups excluding carboxylic acids is 1. The van der Waals surface area contributed by atoms with E-state index in [9.17, 15) is 9.18 Å². The van der Waals surface area contributed by atoms with Crippen molar-refractivity contribution in [2.75, 3.05) is 44.2 Å². The quantitative estimate of drug-likeness (QED) is 0.831. The van der Waals surface area contributed by atoms with Gasteiger partial charge in [-0.2, -0.15) is 0 Å². The fourth-order valence-corrected chi connectivity index (χ4v) is 4.15. The van der Waals surface area contributed by atoms with E-state index >= 15 is 0 Å². The predicted molar refractivity (Wildman–Crippen MR) is 105 cm³/mol. The van der Waals surface area contributed by atoms with Crippen molar-refractivity contribution in [3.63, 3.8) is 0 Å². The standard InChI is InChI=1S/C22H26FN3O/c23-20-8-4-5-9-21(20)25-12-14-26(15-13-25)22(27)19-10-11-24(17-19)16-18-6-2-1-3-7-18/h1-9,19H,10-17H2. The summed E-state index contributed by atoms with van der Waals surface area (Å²) in [5.41, 5.74) is 1.93. The first-order chi connectivity index (χ1) is 13.2. The van der Waals surface area contributed by atoms with Gasteiger partial charge in [0.15, 0.2) is 0 Å². The Morgan fingerprint density at radius 1 is 0.926 bits per heavy atom. The number of para-hydroxylation sites is 1. The average molecular weight is 367 g/mol. The lowest BCUT2D eigenvalue weighted by molar-refractivity contribution is -0.135. The van der Waals surface area contributed by atoms with Crippen LogP contribution in [0.2, 0.25) is 0 Å². The second kappa shape index (κ2) is 8.09. The Balaban J connectivity index is 1.29. The molecule has 2 aliphatic heterocycles. The number of nitrogens with zero attached hydrogens (tertiary/aromatic N) is 3. The molecule has 0 spiro atoms. The topological polar surface area (TPSA) is 26.8 Å². The van der Waals surface area contributed by atoms with Crippen LogP contribution in [-0.4, -0.2) is 55.0 Å². The minimum Gasteiger partial charge on any atom is -0.366 e. The molecule has 2 heterocycles. The average Bonchev–Trinajstić information content (AvgIpc) is 3.17. The Hall–Kier alpha value is -2.40. The lowest BCUT2D eigenvalue weighted by atomic mass is 10.1. The maximum absolute atomic E-state index is 14.0. The Kier molecular flexibility index (Phi) is 5.39. The Bertz CT molecular complexity index is 774. The van der Waals surface area contributed by atoms with Crippen molar-refractivity contribution < 1.29 is 9.18 Å². The van der Waals surface area contributed by atoms with Crippen molar-refractivity contribution >= 4 is 11.6 Å². The molecule has 4 rings (SSSR count). The molecule has 0 N–H and O–H groups in total. The molecule has 4 nitrogen and oxygen atoms in total. The normalized spacial score (nSPS) is 20.9. The number of piperazine rings is 1.